The van der Waals surface area contributed by atoms with Gasteiger partial charge in [-0.25, -0.2) is 0 Å². The van der Waals surface area contributed by atoms with Gasteiger partial charge in [0.1, 0.15) is 0 Å². The minimum absolute atomic E-state index is 0.639. The molecule has 0 aliphatic rings. The number of nitriles is 1. The van der Waals surface area contributed by atoms with E-state index < -0.39 is 0 Å². The second-order valence-corrected chi connectivity index (χ2v) is 16.3. The molecule has 0 fully saturated rings. The minimum Gasteiger partial charge on any atom is -0.309 e. The first-order valence-corrected chi connectivity index (χ1v) is 20.7. The van der Waals surface area contributed by atoms with Crippen LogP contribution in [0.1, 0.15) is 5.56 Å². The van der Waals surface area contributed by atoms with Crippen LogP contribution in [0.4, 0.5) is 0 Å². The summed E-state index contributed by atoms with van der Waals surface area (Å²) in [7, 11) is 0. The van der Waals surface area contributed by atoms with Crippen molar-refractivity contribution in [2.24, 2.45) is 0 Å². The fourth-order valence-electron chi connectivity index (χ4n) is 9.22. The summed E-state index contributed by atoms with van der Waals surface area (Å²) in [6.45, 7) is 0. The lowest BCUT2D eigenvalue weighted by Gasteiger charge is -2.10. The summed E-state index contributed by atoms with van der Waals surface area (Å²) in [5.74, 6) is 0. The SMILES string of the molecule is N#Cc1cccc(-n2c3ccc(-c4cccc(-c5ccc6c(c5)c5ccccc5n6-c5ccccc5)c4)cc3c3ccc(-c4cccc5c4sc4ccccc45)cc32)c1. The van der Waals surface area contributed by atoms with Crippen LogP contribution in [0.25, 0.3) is 109 Å². The van der Waals surface area contributed by atoms with Gasteiger partial charge in [-0.15, -0.1) is 11.3 Å². The second-order valence-electron chi connectivity index (χ2n) is 15.2. The largest absolute Gasteiger partial charge is 0.309 e. The topological polar surface area (TPSA) is 33.6 Å². The van der Waals surface area contributed by atoms with E-state index >= 15 is 0 Å². The average Bonchev–Trinajstić information content (AvgIpc) is 3.96. The molecule has 0 unspecified atom stereocenters. The van der Waals surface area contributed by atoms with Gasteiger partial charge in [-0.05, 0) is 112 Å². The molecule has 274 valence electrons. The Morgan fingerprint density at radius 1 is 0.356 bits per heavy atom. The van der Waals surface area contributed by atoms with Crippen molar-refractivity contribution in [3.05, 3.63) is 206 Å². The molecular weight excluding hydrogens is 735 g/mol. The van der Waals surface area contributed by atoms with Gasteiger partial charge in [-0.3, -0.25) is 0 Å². The molecule has 0 amide bonds. The van der Waals surface area contributed by atoms with Gasteiger partial charge in [-0.2, -0.15) is 5.26 Å². The fraction of sp³-hybridized carbons (Fsp3) is 0. The number of benzene rings is 9. The van der Waals surface area contributed by atoms with Crippen LogP contribution in [0.2, 0.25) is 0 Å². The normalized spacial score (nSPS) is 11.7. The first kappa shape index (κ1) is 33.4. The molecule has 12 rings (SSSR count). The van der Waals surface area contributed by atoms with Gasteiger partial charge in [0, 0.05) is 53.1 Å². The highest BCUT2D eigenvalue weighted by atomic mass is 32.1. The van der Waals surface area contributed by atoms with Crippen molar-refractivity contribution in [3.63, 3.8) is 0 Å². The Balaban J connectivity index is 1.01. The maximum atomic E-state index is 9.89. The summed E-state index contributed by atoms with van der Waals surface area (Å²) in [6, 6.07) is 74.4. The van der Waals surface area contributed by atoms with Crippen LogP contribution < -0.4 is 0 Å². The van der Waals surface area contributed by atoms with Gasteiger partial charge in [0.05, 0.1) is 33.7 Å². The van der Waals surface area contributed by atoms with Crippen LogP contribution in [-0.4, -0.2) is 9.13 Å². The molecule has 3 heterocycles. The molecule has 0 saturated heterocycles. The molecule has 3 nitrogen and oxygen atoms in total. The zero-order chi connectivity index (χ0) is 39.0. The van der Waals surface area contributed by atoms with Gasteiger partial charge in [0.2, 0.25) is 0 Å². The first-order valence-electron chi connectivity index (χ1n) is 19.9. The van der Waals surface area contributed by atoms with Crippen LogP contribution >= 0.6 is 11.3 Å². The molecule has 0 atom stereocenters. The Labute approximate surface area is 344 Å². The Morgan fingerprint density at radius 3 is 1.71 bits per heavy atom. The zero-order valence-electron chi connectivity index (χ0n) is 31.8. The quantitative estimate of drug-likeness (QED) is 0.172. The number of hydrogen-bond donors (Lipinski definition) is 0. The van der Waals surface area contributed by atoms with Crippen molar-refractivity contribution < 1.29 is 0 Å². The van der Waals surface area contributed by atoms with Crippen LogP contribution in [-0.2, 0) is 0 Å². The highest BCUT2D eigenvalue weighted by molar-refractivity contribution is 7.26. The molecule has 0 N–H and O–H groups in total. The molecule has 0 saturated carbocycles. The summed E-state index contributed by atoms with van der Waals surface area (Å²) in [6.07, 6.45) is 0. The second kappa shape index (κ2) is 13.2. The van der Waals surface area contributed by atoms with Gasteiger partial charge < -0.3 is 9.13 Å². The molecule has 0 aliphatic carbocycles. The van der Waals surface area contributed by atoms with Crippen molar-refractivity contribution in [2.45, 2.75) is 0 Å². The average molecular weight is 768 g/mol. The van der Waals surface area contributed by atoms with Crippen molar-refractivity contribution in [3.8, 4) is 50.8 Å². The lowest BCUT2D eigenvalue weighted by atomic mass is 9.96. The van der Waals surface area contributed by atoms with E-state index in [1.807, 2.05) is 29.5 Å². The van der Waals surface area contributed by atoms with Gasteiger partial charge in [-0.1, -0.05) is 121 Å². The molecule has 4 heteroatoms. The van der Waals surface area contributed by atoms with E-state index in [1.54, 1.807) is 0 Å². The van der Waals surface area contributed by atoms with Gasteiger partial charge >= 0.3 is 0 Å². The van der Waals surface area contributed by atoms with E-state index in [9.17, 15) is 5.26 Å². The Bertz CT molecular complexity index is 3690. The maximum absolute atomic E-state index is 9.89. The smallest absolute Gasteiger partial charge is 0.0992 e. The van der Waals surface area contributed by atoms with Crippen LogP contribution in [0, 0.1) is 11.3 Å². The van der Waals surface area contributed by atoms with Crippen LogP contribution in [0.15, 0.2) is 200 Å². The first-order chi connectivity index (χ1) is 29.2. The van der Waals surface area contributed by atoms with E-state index in [1.165, 1.54) is 75.0 Å². The monoisotopic (exact) mass is 767 g/mol. The van der Waals surface area contributed by atoms with E-state index in [0.29, 0.717) is 5.56 Å². The fourth-order valence-corrected chi connectivity index (χ4v) is 10.5. The molecule has 0 aliphatic heterocycles. The summed E-state index contributed by atoms with van der Waals surface area (Å²) < 4.78 is 7.28. The molecule has 0 spiro atoms. The third kappa shape index (κ3) is 5.26. The highest BCUT2D eigenvalue weighted by Gasteiger charge is 2.18. The Kier molecular flexibility index (Phi) is 7.47. The summed E-state index contributed by atoms with van der Waals surface area (Å²) in [5.41, 5.74) is 14.5. The molecule has 12 aromatic rings. The van der Waals surface area contributed by atoms with Crippen molar-refractivity contribution in [2.75, 3.05) is 0 Å². The lowest BCUT2D eigenvalue weighted by molar-refractivity contribution is 1.18. The number of para-hydroxylation sites is 2. The highest BCUT2D eigenvalue weighted by Crippen LogP contribution is 2.43. The van der Waals surface area contributed by atoms with E-state index in [4.69, 9.17) is 0 Å². The summed E-state index contributed by atoms with van der Waals surface area (Å²) in [4.78, 5) is 0. The van der Waals surface area contributed by atoms with E-state index in [-0.39, 0.29) is 0 Å². The van der Waals surface area contributed by atoms with Crippen molar-refractivity contribution in [1.29, 1.82) is 5.26 Å². The minimum atomic E-state index is 0.639. The van der Waals surface area contributed by atoms with Crippen LogP contribution in [0.5, 0.6) is 0 Å². The van der Waals surface area contributed by atoms with Gasteiger partial charge in [0.15, 0.2) is 0 Å². The molecule has 0 bridgehead atoms. The van der Waals surface area contributed by atoms with Crippen molar-refractivity contribution >= 4 is 75.1 Å². The number of nitrogens with zero attached hydrogens (tertiary/aromatic N) is 3. The Morgan fingerprint density at radius 2 is 0.932 bits per heavy atom. The predicted molar refractivity (Wildman–Crippen MR) is 249 cm³/mol. The molecule has 0 radical (unpaired) electrons. The van der Waals surface area contributed by atoms with Crippen LogP contribution in [0.3, 0.4) is 0 Å². The zero-order valence-corrected chi connectivity index (χ0v) is 32.6. The van der Waals surface area contributed by atoms with E-state index in [2.05, 4.69) is 197 Å². The number of hydrogen-bond acceptors (Lipinski definition) is 2. The summed E-state index contributed by atoms with van der Waals surface area (Å²) in [5, 5.41) is 17.3. The lowest BCUT2D eigenvalue weighted by Crippen LogP contribution is -1.94. The number of fused-ring (bicyclic) bond motifs is 9. The van der Waals surface area contributed by atoms with Gasteiger partial charge in [0.25, 0.3) is 0 Å². The van der Waals surface area contributed by atoms with Crippen molar-refractivity contribution in [1.82, 2.24) is 9.13 Å². The molecule has 59 heavy (non-hydrogen) atoms. The number of thiophene rings is 1. The molecular formula is C55H33N3S. The Hall–Kier alpha value is -7.71. The maximum Gasteiger partial charge on any atom is 0.0992 e. The van der Waals surface area contributed by atoms with E-state index in [0.717, 1.165) is 33.5 Å². The predicted octanol–water partition coefficient (Wildman–Crippen LogP) is 15.1. The number of rotatable bonds is 5. The standard InChI is InChI=1S/C55H33N3S/c56-34-35-11-8-16-42(29-35)58-52-28-25-39(32-49(52)45-26-23-40(33-53(45)58)43-19-10-20-47-46-18-5-7-22-54(46)59-55(43)47)37-13-9-12-36(30-37)38-24-27-51-48(31-38)44-17-4-6-21-50(44)57(51)41-14-2-1-3-15-41/h1-33H. The number of aromatic nitrogens is 2. The third-order valence-corrected chi connectivity index (χ3v) is 13.2. The summed E-state index contributed by atoms with van der Waals surface area (Å²) >= 11 is 1.85. The third-order valence-electron chi connectivity index (χ3n) is 11.9. The molecule has 3 aromatic heterocycles. The molecule has 9 aromatic carbocycles.